The molecule has 0 N–H and O–H groups in total. The number of unbranched alkanes of at least 4 members (excludes halogenated alkanes) is 2. The normalized spacial score (nSPS) is 21.4. The molecular formula is C33H35F7O2. The Balaban J connectivity index is 1.35. The Morgan fingerprint density at radius 1 is 0.857 bits per heavy atom. The van der Waals surface area contributed by atoms with Crippen LogP contribution in [0, 0.1) is 41.0 Å². The summed E-state index contributed by atoms with van der Waals surface area (Å²) in [4.78, 5) is 12.4. The van der Waals surface area contributed by atoms with E-state index in [0.29, 0.717) is 18.3 Å². The minimum Gasteiger partial charge on any atom is -0.423 e. The number of rotatable bonds is 9. The number of hydrogen-bond donors (Lipinski definition) is 0. The maximum Gasteiger partial charge on any atom is 0.422 e. The van der Waals surface area contributed by atoms with Gasteiger partial charge in [-0.3, -0.25) is 0 Å². The van der Waals surface area contributed by atoms with Crippen LogP contribution in [0.5, 0.6) is 5.75 Å². The third-order valence-electron chi connectivity index (χ3n) is 8.34. The van der Waals surface area contributed by atoms with E-state index in [9.17, 15) is 35.5 Å². The second-order valence-electron chi connectivity index (χ2n) is 11.4. The maximum atomic E-state index is 14.8. The highest BCUT2D eigenvalue weighted by atomic mass is 19.4. The topological polar surface area (TPSA) is 26.3 Å². The molecule has 0 radical (unpaired) electrons. The summed E-state index contributed by atoms with van der Waals surface area (Å²) in [7, 11) is 0. The first-order chi connectivity index (χ1) is 20.0. The van der Waals surface area contributed by atoms with Gasteiger partial charge in [-0.1, -0.05) is 50.8 Å². The van der Waals surface area contributed by atoms with Crippen molar-refractivity contribution in [1.82, 2.24) is 0 Å². The Bertz CT molecular complexity index is 1270. The molecule has 1 saturated carbocycles. The van der Waals surface area contributed by atoms with Crippen LogP contribution in [0.15, 0.2) is 42.5 Å². The van der Waals surface area contributed by atoms with Gasteiger partial charge in [-0.2, -0.15) is 13.2 Å². The van der Waals surface area contributed by atoms with Crippen molar-refractivity contribution in [2.75, 3.05) is 0 Å². The number of carbonyl (C=O) groups is 1. The molecule has 2 nitrogen and oxygen atoms in total. The smallest absolute Gasteiger partial charge is 0.422 e. The van der Waals surface area contributed by atoms with E-state index in [-0.39, 0.29) is 17.7 Å². The van der Waals surface area contributed by atoms with Crippen LogP contribution in [0.3, 0.4) is 0 Å². The van der Waals surface area contributed by atoms with Crippen LogP contribution in [0.25, 0.3) is 5.57 Å². The molecule has 1 atom stereocenters. The van der Waals surface area contributed by atoms with Crippen LogP contribution in [0.4, 0.5) is 30.7 Å². The molecule has 0 aromatic heterocycles. The average Bonchev–Trinajstić information content (AvgIpc) is 2.91. The first-order valence-electron chi connectivity index (χ1n) is 14.6. The van der Waals surface area contributed by atoms with Crippen LogP contribution >= 0.6 is 0 Å². The molecule has 2 aromatic carbocycles. The molecule has 4 rings (SSSR count). The van der Waals surface area contributed by atoms with E-state index in [1.54, 1.807) is 0 Å². The van der Waals surface area contributed by atoms with Crippen LogP contribution in [0.2, 0.25) is 0 Å². The number of halogens is 7. The van der Waals surface area contributed by atoms with Crippen LogP contribution in [-0.4, -0.2) is 5.97 Å². The van der Waals surface area contributed by atoms with Crippen molar-refractivity contribution >= 4 is 11.5 Å². The van der Waals surface area contributed by atoms with Gasteiger partial charge in [0.25, 0.3) is 0 Å². The SMILES string of the molecule is CCCCCC1CCC(/C=C/C2CC=C(c3cc(F)c(C(=O)Oc4cc(F)c(C(F)(F)F)c(F)c4)c(F)c3)CC2)CC1. The van der Waals surface area contributed by atoms with Crippen LogP contribution in [0.1, 0.15) is 99.0 Å². The monoisotopic (exact) mass is 596 g/mol. The fourth-order valence-corrected chi connectivity index (χ4v) is 5.95. The summed E-state index contributed by atoms with van der Waals surface area (Å²) in [6.45, 7) is 2.23. The summed E-state index contributed by atoms with van der Waals surface area (Å²) in [6, 6.07) is 2.22. The Labute approximate surface area is 241 Å². The average molecular weight is 597 g/mol. The van der Waals surface area contributed by atoms with Gasteiger partial charge in [-0.25, -0.2) is 22.4 Å². The lowest BCUT2D eigenvalue weighted by Gasteiger charge is -2.27. The zero-order valence-electron chi connectivity index (χ0n) is 23.5. The van der Waals surface area contributed by atoms with Gasteiger partial charge >= 0.3 is 12.1 Å². The maximum absolute atomic E-state index is 14.8. The molecular weight excluding hydrogens is 561 g/mol. The van der Waals surface area contributed by atoms with Crippen molar-refractivity contribution in [3.05, 3.63) is 82.5 Å². The summed E-state index contributed by atoms with van der Waals surface area (Å²) in [5, 5.41) is 0. The van der Waals surface area contributed by atoms with Gasteiger partial charge in [0.1, 0.15) is 40.1 Å². The second kappa shape index (κ2) is 13.9. The molecule has 42 heavy (non-hydrogen) atoms. The number of benzene rings is 2. The van der Waals surface area contributed by atoms with Gasteiger partial charge in [0.05, 0.1) is 0 Å². The molecule has 228 valence electrons. The Kier molecular flexibility index (Phi) is 10.5. The summed E-state index contributed by atoms with van der Waals surface area (Å²) in [6.07, 6.45) is 13.6. The number of esters is 1. The van der Waals surface area contributed by atoms with Gasteiger partial charge in [0, 0.05) is 12.1 Å². The fraction of sp³-hybridized carbons (Fsp3) is 0.485. The number of allylic oxidation sites excluding steroid dienone is 4. The van der Waals surface area contributed by atoms with Crippen molar-refractivity contribution in [3.8, 4) is 5.75 Å². The first-order valence-corrected chi connectivity index (χ1v) is 14.6. The number of carbonyl (C=O) groups excluding carboxylic acids is 1. The molecule has 0 amide bonds. The molecule has 0 aliphatic heterocycles. The predicted molar refractivity (Wildman–Crippen MR) is 147 cm³/mol. The van der Waals surface area contributed by atoms with E-state index in [0.717, 1.165) is 36.5 Å². The Morgan fingerprint density at radius 2 is 1.48 bits per heavy atom. The van der Waals surface area contributed by atoms with E-state index < -0.39 is 52.3 Å². The van der Waals surface area contributed by atoms with Crippen molar-refractivity contribution in [2.24, 2.45) is 17.8 Å². The van der Waals surface area contributed by atoms with Gasteiger partial charge in [0.15, 0.2) is 0 Å². The quantitative estimate of drug-likeness (QED) is 0.0947. The zero-order chi connectivity index (χ0) is 30.4. The van der Waals surface area contributed by atoms with E-state index in [1.165, 1.54) is 51.4 Å². The van der Waals surface area contributed by atoms with E-state index in [2.05, 4.69) is 23.8 Å². The highest BCUT2D eigenvalue weighted by molar-refractivity contribution is 5.92. The van der Waals surface area contributed by atoms with Gasteiger partial charge in [-0.05, 0) is 86.0 Å². The highest BCUT2D eigenvalue weighted by Crippen LogP contribution is 2.37. The molecule has 0 heterocycles. The molecule has 1 fully saturated rings. The summed E-state index contributed by atoms with van der Waals surface area (Å²) >= 11 is 0. The Morgan fingerprint density at radius 3 is 2.02 bits per heavy atom. The number of alkyl halides is 3. The summed E-state index contributed by atoms with van der Waals surface area (Å²) in [5.74, 6) is -7.35. The minimum absolute atomic E-state index is 0.130. The van der Waals surface area contributed by atoms with Crippen molar-refractivity contribution in [2.45, 2.75) is 83.7 Å². The molecule has 9 heteroatoms. The third kappa shape index (κ3) is 8.04. The minimum atomic E-state index is -5.32. The third-order valence-corrected chi connectivity index (χ3v) is 8.34. The van der Waals surface area contributed by atoms with Crippen LogP contribution in [-0.2, 0) is 6.18 Å². The van der Waals surface area contributed by atoms with Crippen molar-refractivity contribution in [1.29, 1.82) is 0 Å². The fourth-order valence-electron chi connectivity index (χ4n) is 5.95. The summed E-state index contributed by atoms with van der Waals surface area (Å²) in [5.41, 5.74) is -2.28. The van der Waals surface area contributed by atoms with Crippen molar-refractivity contribution in [3.63, 3.8) is 0 Å². The van der Waals surface area contributed by atoms with E-state index in [1.807, 2.05) is 6.08 Å². The largest absolute Gasteiger partial charge is 0.423 e. The van der Waals surface area contributed by atoms with Crippen molar-refractivity contribution < 1.29 is 40.3 Å². The van der Waals surface area contributed by atoms with Gasteiger partial charge in [0.2, 0.25) is 0 Å². The van der Waals surface area contributed by atoms with E-state index >= 15 is 0 Å². The molecule has 2 aliphatic rings. The molecule has 1 unspecified atom stereocenters. The molecule has 0 spiro atoms. The summed E-state index contributed by atoms with van der Waals surface area (Å²) < 4.78 is 100. The number of hydrogen-bond acceptors (Lipinski definition) is 2. The van der Waals surface area contributed by atoms with E-state index in [4.69, 9.17) is 0 Å². The molecule has 0 saturated heterocycles. The highest BCUT2D eigenvalue weighted by Gasteiger charge is 2.38. The van der Waals surface area contributed by atoms with Gasteiger partial charge in [-0.15, -0.1) is 0 Å². The zero-order valence-corrected chi connectivity index (χ0v) is 23.5. The predicted octanol–water partition coefficient (Wildman–Crippen LogP) is 10.6. The molecule has 2 aliphatic carbocycles. The first kappa shape index (κ1) is 31.8. The van der Waals surface area contributed by atoms with Crippen LogP contribution < -0.4 is 4.74 Å². The molecule has 0 bridgehead atoms. The lowest BCUT2D eigenvalue weighted by molar-refractivity contribution is -0.142. The lowest BCUT2D eigenvalue weighted by Crippen LogP contribution is -2.16. The standard InChI is InChI=1S/C33H35F7O2/c1-2-3-4-5-20-6-8-21(9-7-20)10-11-22-12-14-23(15-13-22)24-16-26(34)30(27(35)17-24)32(41)42-25-18-28(36)31(29(37)19-25)33(38,39)40/h10-11,14,16-22H,2-9,12-13,15H2,1H3/b11-10+. The Hall–Kier alpha value is -3.10. The lowest BCUT2D eigenvalue weighted by atomic mass is 9.79. The second-order valence-corrected chi connectivity index (χ2v) is 11.4. The molecule has 2 aromatic rings. The number of ether oxygens (including phenoxy) is 1. The van der Waals surface area contributed by atoms with Gasteiger partial charge < -0.3 is 4.74 Å².